The molecule has 0 atom stereocenters. The molecule has 7 rings (SSSR count). The van der Waals surface area contributed by atoms with Crippen LogP contribution in [0.1, 0.15) is 45.9 Å². The van der Waals surface area contributed by atoms with Crippen molar-refractivity contribution in [3.8, 4) is 22.6 Å². The molecule has 52 heavy (non-hydrogen) atoms. The summed E-state index contributed by atoms with van der Waals surface area (Å²) in [6.07, 6.45) is 4.72. The van der Waals surface area contributed by atoms with Crippen molar-refractivity contribution in [1.29, 1.82) is 0 Å². The molecule has 1 aliphatic heterocycles. The smallest absolute Gasteiger partial charge is 0.341 e. The number of hydrogen-bond donors (Lipinski definition) is 3. The van der Waals surface area contributed by atoms with Gasteiger partial charge < -0.3 is 35.5 Å². The molecule has 0 amide bonds. The zero-order chi connectivity index (χ0) is 36.0. The molecular formula is C37H38ClF2N7O5. The Morgan fingerprint density at radius 3 is 2.33 bits per heavy atom. The standard InChI is InChI=1S/C37H37F2N7O5.ClH/c1-50-29-15-21(13-23-17-42-37(41)43-35(23)40)14-25(34(29)51-2)22-5-3-20(4-6-22)18-44-9-11-45(12-10-44)32-28(38)16-26-31(30(32)39)46(24-7-8-24)19-27(33(26)47)36(48)49;/h3-6,14-17,19,24H,7-13,18H2,1-2H3,(H,48,49)(H4,40,41,42,43);1H. The lowest BCUT2D eigenvalue weighted by molar-refractivity contribution is 0.0694. The van der Waals surface area contributed by atoms with Gasteiger partial charge in [-0.25, -0.2) is 18.6 Å². The Morgan fingerprint density at radius 2 is 1.71 bits per heavy atom. The molecule has 2 aromatic heterocycles. The van der Waals surface area contributed by atoms with Crippen LogP contribution in [0.25, 0.3) is 22.0 Å². The SMILES string of the molecule is COc1cc(Cc2cnc(N)nc2N)cc(-c2ccc(CN3CCN(c4c(F)cc5c(=O)c(C(=O)O)cn(C6CC6)c5c4F)CC3)cc2)c1OC.Cl. The molecule has 0 bridgehead atoms. The number of carbonyl (C=O) groups is 1. The third kappa shape index (κ3) is 6.91. The van der Waals surface area contributed by atoms with E-state index in [2.05, 4.69) is 14.9 Å². The van der Waals surface area contributed by atoms with Crippen molar-refractivity contribution in [2.75, 3.05) is 56.8 Å². The molecule has 0 spiro atoms. The zero-order valence-electron chi connectivity index (χ0n) is 28.6. The number of halogens is 3. The molecule has 272 valence electrons. The van der Waals surface area contributed by atoms with Gasteiger partial charge in [0.2, 0.25) is 11.4 Å². The lowest BCUT2D eigenvalue weighted by atomic mass is 9.97. The number of anilines is 3. The minimum atomic E-state index is -1.42. The van der Waals surface area contributed by atoms with E-state index in [1.54, 1.807) is 25.3 Å². The summed E-state index contributed by atoms with van der Waals surface area (Å²) in [6, 6.07) is 12.9. The highest BCUT2D eigenvalue weighted by Crippen LogP contribution is 2.41. The summed E-state index contributed by atoms with van der Waals surface area (Å²) in [5.41, 5.74) is 14.6. The van der Waals surface area contributed by atoms with Crippen LogP contribution < -0.4 is 31.3 Å². The number of carboxylic acids is 1. The number of methoxy groups -OCH3 is 2. The van der Waals surface area contributed by atoms with Gasteiger partial charge in [-0.1, -0.05) is 24.3 Å². The Hall–Kier alpha value is -5.47. The van der Waals surface area contributed by atoms with Gasteiger partial charge in [-0.15, -0.1) is 12.4 Å². The number of carboxylic acid groups (broad SMARTS) is 1. The van der Waals surface area contributed by atoms with Crippen LogP contribution in [0.2, 0.25) is 0 Å². The van der Waals surface area contributed by atoms with Crippen molar-refractivity contribution < 1.29 is 28.2 Å². The highest BCUT2D eigenvalue weighted by molar-refractivity contribution is 5.94. The predicted octanol–water partition coefficient (Wildman–Crippen LogP) is 5.29. The number of ether oxygens (including phenoxy) is 2. The number of aromatic carboxylic acids is 1. The van der Waals surface area contributed by atoms with Gasteiger partial charge in [0, 0.05) is 68.7 Å². The molecule has 0 radical (unpaired) electrons. The molecule has 3 heterocycles. The second-order valence-corrected chi connectivity index (χ2v) is 12.9. The van der Waals surface area contributed by atoms with Crippen LogP contribution >= 0.6 is 12.4 Å². The summed E-state index contributed by atoms with van der Waals surface area (Å²) < 4.78 is 44.5. The Kier molecular flexibility index (Phi) is 10.2. The van der Waals surface area contributed by atoms with E-state index in [-0.39, 0.29) is 41.0 Å². The second kappa shape index (κ2) is 14.6. The highest BCUT2D eigenvalue weighted by atomic mass is 35.5. The molecule has 1 saturated carbocycles. The van der Waals surface area contributed by atoms with Gasteiger partial charge in [-0.3, -0.25) is 9.69 Å². The van der Waals surface area contributed by atoms with E-state index in [1.807, 2.05) is 36.4 Å². The fourth-order valence-corrected chi connectivity index (χ4v) is 6.82. The normalized spacial score (nSPS) is 14.7. The zero-order valence-corrected chi connectivity index (χ0v) is 29.4. The van der Waals surface area contributed by atoms with Crippen molar-refractivity contribution in [3.05, 3.63) is 99.0 Å². The summed E-state index contributed by atoms with van der Waals surface area (Å²) in [5, 5.41) is 9.26. The summed E-state index contributed by atoms with van der Waals surface area (Å²) in [4.78, 5) is 36.6. The predicted molar refractivity (Wildman–Crippen MR) is 197 cm³/mol. The number of pyridine rings is 1. The summed E-state index contributed by atoms with van der Waals surface area (Å²) >= 11 is 0. The second-order valence-electron chi connectivity index (χ2n) is 12.9. The lowest BCUT2D eigenvalue weighted by Crippen LogP contribution is -2.46. The molecule has 5 N–H and O–H groups in total. The monoisotopic (exact) mass is 733 g/mol. The summed E-state index contributed by atoms with van der Waals surface area (Å²) in [5.74, 6) is -1.55. The molecule has 12 nitrogen and oxygen atoms in total. The average Bonchev–Trinajstić information content (AvgIpc) is 3.96. The maximum absolute atomic E-state index is 16.1. The van der Waals surface area contributed by atoms with Crippen LogP contribution in [0.4, 0.5) is 26.2 Å². The van der Waals surface area contributed by atoms with Gasteiger partial charge in [-0.05, 0) is 47.7 Å². The van der Waals surface area contributed by atoms with Crippen molar-refractivity contribution in [1.82, 2.24) is 19.4 Å². The van der Waals surface area contributed by atoms with Crippen molar-refractivity contribution >= 4 is 46.7 Å². The van der Waals surface area contributed by atoms with E-state index in [1.165, 1.54) is 10.8 Å². The van der Waals surface area contributed by atoms with Crippen LogP contribution in [0.3, 0.4) is 0 Å². The molecule has 0 unspecified atom stereocenters. The molecular weight excluding hydrogens is 696 g/mol. The first-order chi connectivity index (χ1) is 24.6. The average molecular weight is 734 g/mol. The van der Waals surface area contributed by atoms with Crippen molar-refractivity contribution in [3.63, 3.8) is 0 Å². The van der Waals surface area contributed by atoms with E-state index in [0.29, 0.717) is 56.5 Å². The number of nitrogen functional groups attached to an aromatic ring is 2. The van der Waals surface area contributed by atoms with Crippen LogP contribution in [-0.2, 0) is 13.0 Å². The Morgan fingerprint density at radius 1 is 1.00 bits per heavy atom. The first-order valence-corrected chi connectivity index (χ1v) is 16.5. The molecule has 15 heteroatoms. The number of nitrogens with two attached hydrogens (primary N) is 2. The number of benzene rings is 3. The van der Waals surface area contributed by atoms with Gasteiger partial charge >= 0.3 is 5.97 Å². The topological polar surface area (TPSA) is 162 Å². The minimum absolute atomic E-state index is 0. The fourth-order valence-electron chi connectivity index (χ4n) is 6.82. The van der Waals surface area contributed by atoms with E-state index in [0.717, 1.165) is 46.7 Å². The molecule has 3 aromatic carbocycles. The molecule has 2 aliphatic rings. The maximum Gasteiger partial charge on any atom is 0.341 e. The molecule has 1 saturated heterocycles. The number of rotatable bonds is 10. The van der Waals surface area contributed by atoms with Gasteiger partial charge in [0.1, 0.15) is 22.9 Å². The molecule has 1 aliphatic carbocycles. The van der Waals surface area contributed by atoms with E-state index >= 15 is 8.78 Å². The minimum Gasteiger partial charge on any atom is -0.493 e. The maximum atomic E-state index is 16.1. The van der Waals surface area contributed by atoms with Crippen LogP contribution in [-0.4, -0.2) is 70.9 Å². The van der Waals surface area contributed by atoms with Gasteiger partial charge in [0.05, 0.1) is 25.1 Å². The molecule has 5 aromatic rings. The first kappa shape index (κ1) is 36.3. The van der Waals surface area contributed by atoms with E-state index in [9.17, 15) is 14.7 Å². The number of piperazine rings is 1. The van der Waals surface area contributed by atoms with E-state index < -0.39 is 28.6 Å². The number of aromatic nitrogens is 3. The van der Waals surface area contributed by atoms with Gasteiger partial charge in [0.25, 0.3) is 0 Å². The first-order valence-electron chi connectivity index (χ1n) is 16.5. The Labute approximate surface area is 304 Å². The number of hydrogen-bond acceptors (Lipinski definition) is 10. The van der Waals surface area contributed by atoms with Gasteiger partial charge in [0.15, 0.2) is 17.3 Å². The van der Waals surface area contributed by atoms with Crippen molar-refractivity contribution in [2.24, 2.45) is 0 Å². The third-order valence-corrected chi connectivity index (χ3v) is 9.56. The van der Waals surface area contributed by atoms with Crippen LogP contribution in [0.5, 0.6) is 11.5 Å². The number of fused-ring (bicyclic) bond motifs is 1. The third-order valence-electron chi connectivity index (χ3n) is 9.56. The largest absolute Gasteiger partial charge is 0.493 e. The fraction of sp³-hybridized carbons (Fsp3) is 0.297. The molecule has 2 fully saturated rings. The highest BCUT2D eigenvalue weighted by Gasteiger charge is 2.32. The summed E-state index contributed by atoms with van der Waals surface area (Å²) in [6.45, 7) is 2.47. The quantitative estimate of drug-likeness (QED) is 0.171. The van der Waals surface area contributed by atoms with Gasteiger partial charge in [-0.2, -0.15) is 4.98 Å². The van der Waals surface area contributed by atoms with Crippen molar-refractivity contribution in [2.45, 2.75) is 31.8 Å². The summed E-state index contributed by atoms with van der Waals surface area (Å²) in [7, 11) is 3.18. The van der Waals surface area contributed by atoms with E-state index in [4.69, 9.17) is 20.9 Å². The Balaban J connectivity index is 0.00000464. The Bertz CT molecular complexity index is 2220. The lowest BCUT2D eigenvalue weighted by Gasteiger charge is -2.36. The number of nitrogens with zero attached hydrogens (tertiary/aromatic N) is 5. The van der Waals surface area contributed by atoms with Crippen LogP contribution in [0.15, 0.2) is 59.7 Å². The van der Waals surface area contributed by atoms with Crippen LogP contribution in [0, 0.1) is 11.6 Å².